The molecule has 2 heterocycles. The molecule has 1 fully saturated rings. The van der Waals surface area contributed by atoms with Crippen molar-refractivity contribution in [2.45, 2.75) is 38.7 Å². The summed E-state index contributed by atoms with van der Waals surface area (Å²) in [5, 5.41) is 0. The van der Waals surface area contributed by atoms with Crippen LogP contribution in [0.5, 0.6) is 0 Å². The number of benzene rings is 1. The Balaban J connectivity index is 1.88. The number of nitrogens with zero attached hydrogens (tertiary/aromatic N) is 1. The van der Waals surface area contributed by atoms with Crippen LogP contribution in [-0.4, -0.2) is 40.3 Å². The number of ether oxygens (including phenoxy) is 3. The maximum absolute atomic E-state index is 12.3. The van der Waals surface area contributed by atoms with E-state index in [1.54, 1.807) is 12.1 Å². The second kappa shape index (κ2) is 9.24. The zero-order chi connectivity index (χ0) is 21.7. The summed E-state index contributed by atoms with van der Waals surface area (Å²) in [7, 11) is 0. The van der Waals surface area contributed by atoms with E-state index in [0.717, 1.165) is 0 Å². The highest BCUT2D eigenvalue weighted by Crippen LogP contribution is 2.30. The van der Waals surface area contributed by atoms with Gasteiger partial charge in [-0.05, 0) is 12.1 Å². The first kappa shape index (κ1) is 21.1. The van der Waals surface area contributed by atoms with Crippen molar-refractivity contribution in [2.24, 2.45) is 0 Å². The average Bonchev–Trinajstić information content (AvgIpc) is 3.08. The van der Waals surface area contributed by atoms with E-state index in [4.69, 9.17) is 14.2 Å². The molecule has 1 aliphatic heterocycles. The van der Waals surface area contributed by atoms with Gasteiger partial charge in [0.15, 0.2) is 0 Å². The Labute approximate surface area is 171 Å². The van der Waals surface area contributed by atoms with E-state index in [-0.39, 0.29) is 18.6 Å². The van der Waals surface area contributed by atoms with Crippen LogP contribution in [0, 0.1) is 11.8 Å². The lowest BCUT2D eigenvalue weighted by Gasteiger charge is -2.17. The predicted molar refractivity (Wildman–Crippen MR) is 104 cm³/mol. The zero-order valence-corrected chi connectivity index (χ0v) is 16.4. The third-order valence-corrected chi connectivity index (χ3v) is 4.34. The van der Waals surface area contributed by atoms with E-state index in [9.17, 15) is 19.2 Å². The van der Waals surface area contributed by atoms with Crippen LogP contribution in [0.3, 0.4) is 0 Å². The highest BCUT2D eigenvalue weighted by atomic mass is 16.6. The first-order chi connectivity index (χ1) is 14.3. The predicted octanol–water partition coefficient (Wildman–Crippen LogP) is 0.719. The van der Waals surface area contributed by atoms with Gasteiger partial charge in [-0.25, -0.2) is 4.79 Å². The molecular formula is C21H20N2O7. The molecule has 1 aliphatic rings. The molecule has 0 aliphatic carbocycles. The van der Waals surface area contributed by atoms with Gasteiger partial charge in [0.1, 0.15) is 30.6 Å². The monoisotopic (exact) mass is 412 g/mol. The summed E-state index contributed by atoms with van der Waals surface area (Å²) in [6.45, 7) is 2.36. The summed E-state index contributed by atoms with van der Waals surface area (Å²) < 4.78 is 17.2. The Morgan fingerprint density at radius 2 is 1.90 bits per heavy atom. The molecular weight excluding hydrogens is 392 g/mol. The lowest BCUT2D eigenvalue weighted by Crippen LogP contribution is -2.34. The average molecular weight is 412 g/mol. The molecule has 3 atom stereocenters. The van der Waals surface area contributed by atoms with Crippen molar-refractivity contribution in [3.8, 4) is 11.8 Å². The lowest BCUT2D eigenvalue weighted by atomic mass is 10.2. The first-order valence-corrected chi connectivity index (χ1v) is 9.22. The van der Waals surface area contributed by atoms with Gasteiger partial charge in [-0.3, -0.25) is 23.9 Å². The number of esters is 2. The molecule has 1 N–H and O–H groups in total. The number of hydrogen-bond acceptors (Lipinski definition) is 7. The molecule has 30 heavy (non-hydrogen) atoms. The van der Waals surface area contributed by atoms with Crippen LogP contribution < -0.4 is 11.2 Å². The number of rotatable bonds is 4. The summed E-state index contributed by atoms with van der Waals surface area (Å²) in [6, 6.07) is 9.07. The number of H-pyrrole nitrogens is 1. The molecule has 2 aromatic rings. The first-order valence-electron chi connectivity index (χ1n) is 9.22. The highest BCUT2D eigenvalue weighted by Gasteiger charge is 2.39. The number of carbonyl (C=O) groups is 2. The smallest absolute Gasteiger partial charge is 0.330 e. The van der Waals surface area contributed by atoms with E-state index in [2.05, 4.69) is 16.8 Å². The van der Waals surface area contributed by atoms with Crippen molar-refractivity contribution in [3.05, 3.63) is 68.5 Å². The molecule has 0 radical (unpaired) electrons. The quantitative estimate of drug-likeness (QED) is 0.581. The number of nitrogens with one attached hydrogen (secondary N) is 1. The Kier molecular flexibility index (Phi) is 6.49. The van der Waals surface area contributed by atoms with Gasteiger partial charge in [0.2, 0.25) is 0 Å². The molecule has 9 heteroatoms. The molecule has 3 rings (SSSR count). The van der Waals surface area contributed by atoms with Crippen molar-refractivity contribution in [1.29, 1.82) is 0 Å². The molecule has 1 saturated heterocycles. The summed E-state index contributed by atoms with van der Waals surface area (Å²) in [6.07, 6.45) is -0.856. The van der Waals surface area contributed by atoms with Crippen LogP contribution in [0.2, 0.25) is 0 Å². The van der Waals surface area contributed by atoms with Crippen LogP contribution in [0.15, 0.2) is 46.1 Å². The van der Waals surface area contributed by atoms with E-state index in [0.29, 0.717) is 5.56 Å². The fourth-order valence-electron chi connectivity index (χ4n) is 3.01. The van der Waals surface area contributed by atoms with Gasteiger partial charge in [-0.1, -0.05) is 30.0 Å². The van der Waals surface area contributed by atoms with E-state index < -0.39 is 41.6 Å². The maximum atomic E-state index is 12.3. The van der Waals surface area contributed by atoms with Gasteiger partial charge < -0.3 is 14.2 Å². The Morgan fingerprint density at radius 3 is 2.57 bits per heavy atom. The standard InChI is InChI=1S/C21H20N2O7/c1-13(24)28-12-18-17(29-14(2)25)10-19(30-18)23-11-16(20(26)22-21(23)27)9-8-15-6-4-3-5-7-15/h3-7,11,17-19H,10,12H2,1-2H3,(H,22,26,27)/t17-,18-,19-/m1/s1. The molecule has 9 nitrogen and oxygen atoms in total. The Morgan fingerprint density at radius 1 is 1.17 bits per heavy atom. The molecule has 0 unspecified atom stereocenters. The number of hydrogen-bond donors (Lipinski definition) is 1. The highest BCUT2D eigenvalue weighted by molar-refractivity contribution is 5.66. The van der Waals surface area contributed by atoms with E-state index >= 15 is 0 Å². The van der Waals surface area contributed by atoms with Gasteiger partial charge in [-0.2, -0.15) is 0 Å². The van der Waals surface area contributed by atoms with Crippen LogP contribution >= 0.6 is 0 Å². The number of aromatic nitrogens is 2. The SMILES string of the molecule is CC(=O)OC[C@H]1O[C@@H](n2cc(C#Cc3ccccc3)c(=O)[nH]c2=O)C[C@H]1OC(C)=O. The van der Waals surface area contributed by atoms with Gasteiger partial charge in [0.25, 0.3) is 5.56 Å². The molecule has 0 saturated carbocycles. The molecule has 1 aromatic heterocycles. The van der Waals surface area contributed by atoms with Gasteiger partial charge >= 0.3 is 17.6 Å². The molecule has 0 amide bonds. The third-order valence-electron chi connectivity index (χ3n) is 4.34. The lowest BCUT2D eigenvalue weighted by molar-refractivity contribution is -0.155. The normalized spacial score (nSPS) is 20.1. The Hall–Kier alpha value is -3.64. The maximum Gasteiger partial charge on any atom is 0.330 e. The van der Waals surface area contributed by atoms with Crippen LogP contribution in [0.4, 0.5) is 0 Å². The number of carbonyl (C=O) groups excluding carboxylic acids is 2. The fraction of sp³-hybridized carbons (Fsp3) is 0.333. The summed E-state index contributed by atoms with van der Waals surface area (Å²) in [5.74, 6) is 4.58. The van der Waals surface area contributed by atoms with E-state index in [1.807, 2.05) is 18.2 Å². The molecule has 1 aromatic carbocycles. The van der Waals surface area contributed by atoms with Crippen LogP contribution in [0.25, 0.3) is 0 Å². The number of aromatic amines is 1. The van der Waals surface area contributed by atoms with E-state index in [1.165, 1.54) is 24.6 Å². The van der Waals surface area contributed by atoms with Crippen LogP contribution in [0.1, 0.15) is 37.6 Å². The minimum Gasteiger partial charge on any atom is -0.463 e. The zero-order valence-electron chi connectivity index (χ0n) is 16.4. The molecule has 0 bridgehead atoms. The minimum atomic E-state index is -0.837. The summed E-state index contributed by atoms with van der Waals surface area (Å²) >= 11 is 0. The summed E-state index contributed by atoms with van der Waals surface area (Å²) in [4.78, 5) is 49.2. The van der Waals surface area contributed by atoms with Gasteiger partial charge in [-0.15, -0.1) is 0 Å². The second-order valence-electron chi connectivity index (χ2n) is 6.64. The molecule has 156 valence electrons. The van der Waals surface area contributed by atoms with Crippen LogP contribution in [-0.2, 0) is 23.8 Å². The fourth-order valence-corrected chi connectivity index (χ4v) is 3.01. The van der Waals surface area contributed by atoms with Crippen molar-refractivity contribution < 1.29 is 23.8 Å². The van der Waals surface area contributed by atoms with Gasteiger partial charge in [0, 0.05) is 32.0 Å². The van der Waals surface area contributed by atoms with Crippen molar-refractivity contribution in [1.82, 2.24) is 9.55 Å². The largest absolute Gasteiger partial charge is 0.463 e. The van der Waals surface area contributed by atoms with Gasteiger partial charge in [0.05, 0.1) is 0 Å². The summed E-state index contributed by atoms with van der Waals surface area (Å²) in [5.41, 5.74) is -0.520. The van der Waals surface area contributed by atoms with Crippen molar-refractivity contribution in [3.63, 3.8) is 0 Å². The minimum absolute atomic E-state index is 0.0783. The molecule has 0 spiro atoms. The van der Waals surface area contributed by atoms with Crippen molar-refractivity contribution in [2.75, 3.05) is 6.61 Å². The third kappa shape index (κ3) is 5.24. The second-order valence-corrected chi connectivity index (χ2v) is 6.64. The van der Waals surface area contributed by atoms with Crippen molar-refractivity contribution >= 4 is 11.9 Å². The topological polar surface area (TPSA) is 117 Å². The Bertz CT molecular complexity index is 1110.